The van der Waals surface area contributed by atoms with Crippen LogP contribution in [0.2, 0.25) is 0 Å². The fourth-order valence-corrected chi connectivity index (χ4v) is 2.08. The molecule has 8 nitrogen and oxygen atoms in total. The van der Waals surface area contributed by atoms with E-state index in [-0.39, 0.29) is 6.42 Å². The van der Waals surface area contributed by atoms with E-state index in [0.717, 1.165) is 19.1 Å². The highest BCUT2D eigenvalue weighted by Crippen LogP contribution is 2.30. The van der Waals surface area contributed by atoms with E-state index in [9.17, 15) is 19.5 Å². The van der Waals surface area contributed by atoms with Gasteiger partial charge in [0.05, 0.1) is 20.8 Å². The monoisotopic (exact) mass is 303 g/mol. The minimum Gasteiger partial charge on any atom is -0.467 e. The molecule has 1 amide bonds. The molecule has 1 N–H and O–H groups in total. The number of carbonyl (C=O) groups excluding carboxylic acids is 3. The number of hydrogen-bond acceptors (Lipinski definition) is 7. The van der Waals surface area contributed by atoms with Crippen LogP contribution in [0.5, 0.6) is 0 Å². The quantitative estimate of drug-likeness (QED) is 0.569. The lowest BCUT2D eigenvalue weighted by atomic mass is 10.0. The molecule has 0 radical (unpaired) electrons. The van der Waals surface area contributed by atoms with Crippen molar-refractivity contribution in [3.8, 4) is 0 Å². The fraction of sp³-hybridized carbons (Fsp3) is 0.769. The van der Waals surface area contributed by atoms with Crippen LogP contribution in [0.4, 0.5) is 4.79 Å². The third-order valence-corrected chi connectivity index (χ3v) is 3.01. The zero-order chi connectivity index (χ0) is 16.4. The van der Waals surface area contributed by atoms with E-state index in [0.29, 0.717) is 0 Å². The number of ether oxygens (including phenoxy) is 3. The molecule has 120 valence electrons. The molecule has 8 heteroatoms. The second-order valence-electron chi connectivity index (χ2n) is 5.87. The molecule has 1 rings (SSSR count). The van der Waals surface area contributed by atoms with Crippen LogP contribution >= 0.6 is 0 Å². The lowest BCUT2D eigenvalue weighted by Crippen LogP contribution is -2.46. The SMILES string of the molecule is COC(=O)[C@@H]1CC(O)(C(=O)OC)CN1C(=O)OC(C)(C)C. The molecule has 1 saturated heterocycles. The van der Waals surface area contributed by atoms with Gasteiger partial charge in [0.15, 0.2) is 5.60 Å². The van der Waals surface area contributed by atoms with E-state index < -0.39 is 41.8 Å². The highest BCUT2D eigenvalue weighted by molar-refractivity contribution is 5.88. The number of esters is 2. The molecule has 1 heterocycles. The van der Waals surface area contributed by atoms with Crippen LogP contribution in [-0.2, 0) is 23.8 Å². The van der Waals surface area contributed by atoms with Gasteiger partial charge in [-0.25, -0.2) is 14.4 Å². The number of aliphatic hydroxyl groups is 1. The third kappa shape index (κ3) is 3.84. The lowest BCUT2D eigenvalue weighted by Gasteiger charge is -2.27. The Labute approximate surface area is 122 Å². The van der Waals surface area contributed by atoms with Crippen LogP contribution in [0.25, 0.3) is 0 Å². The van der Waals surface area contributed by atoms with Gasteiger partial charge in [-0.3, -0.25) is 4.90 Å². The van der Waals surface area contributed by atoms with E-state index in [2.05, 4.69) is 9.47 Å². The second kappa shape index (κ2) is 5.88. The minimum absolute atomic E-state index is 0.300. The molecule has 0 aromatic rings. The summed E-state index contributed by atoms with van der Waals surface area (Å²) in [5.74, 6) is -1.65. The summed E-state index contributed by atoms with van der Waals surface area (Å²) in [5, 5.41) is 10.3. The molecule has 1 aliphatic rings. The van der Waals surface area contributed by atoms with Gasteiger partial charge in [0, 0.05) is 6.42 Å². The molecular weight excluding hydrogens is 282 g/mol. The number of β-amino-alcohol motifs (C(OH)–C–C–N with tert-alkyl or cyclic N) is 1. The minimum atomic E-state index is -1.95. The van der Waals surface area contributed by atoms with Gasteiger partial charge in [0.1, 0.15) is 11.6 Å². The first kappa shape index (κ1) is 17.2. The molecule has 1 aliphatic heterocycles. The molecule has 2 atom stereocenters. The smallest absolute Gasteiger partial charge is 0.411 e. The summed E-state index contributed by atoms with van der Waals surface area (Å²) in [6, 6.07) is -1.10. The summed E-state index contributed by atoms with van der Waals surface area (Å²) in [6.07, 6.45) is -1.11. The molecule has 0 aliphatic carbocycles. The molecule has 0 spiro atoms. The zero-order valence-corrected chi connectivity index (χ0v) is 12.8. The van der Waals surface area contributed by atoms with Crippen molar-refractivity contribution in [3.63, 3.8) is 0 Å². The summed E-state index contributed by atoms with van der Waals surface area (Å²) < 4.78 is 14.3. The predicted molar refractivity (Wildman–Crippen MR) is 70.3 cm³/mol. The molecule has 1 unspecified atom stereocenters. The van der Waals surface area contributed by atoms with E-state index in [1.165, 1.54) is 0 Å². The number of likely N-dealkylation sites (tertiary alicyclic amines) is 1. The normalized spacial score (nSPS) is 25.4. The van der Waals surface area contributed by atoms with Crippen molar-refractivity contribution < 1.29 is 33.7 Å². The molecule has 0 saturated carbocycles. The maximum atomic E-state index is 12.1. The summed E-state index contributed by atoms with van der Waals surface area (Å²) in [6.45, 7) is 4.61. The Kier molecular flexibility index (Phi) is 4.83. The average molecular weight is 303 g/mol. The first-order valence-corrected chi connectivity index (χ1v) is 6.42. The fourth-order valence-electron chi connectivity index (χ4n) is 2.08. The standard InChI is InChI=1S/C13H21NO7/c1-12(2,3)21-11(17)14-7-13(18,10(16)20-5)6-8(14)9(15)19-4/h8,18H,6-7H2,1-5H3/t8-,13?/m0/s1. The van der Waals surface area contributed by atoms with E-state index in [4.69, 9.17) is 4.74 Å². The van der Waals surface area contributed by atoms with Crippen LogP contribution < -0.4 is 0 Å². The van der Waals surface area contributed by atoms with Crippen molar-refractivity contribution in [2.24, 2.45) is 0 Å². The van der Waals surface area contributed by atoms with E-state index >= 15 is 0 Å². The molecule has 0 aromatic heterocycles. The lowest BCUT2D eigenvalue weighted by molar-refractivity contribution is -0.160. The van der Waals surface area contributed by atoms with Gasteiger partial charge in [-0.1, -0.05) is 0 Å². The Bertz CT molecular complexity index is 442. The van der Waals surface area contributed by atoms with Gasteiger partial charge in [-0.05, 0) is 20.8 Å². The first-order valence-electron chi connectivity index (χ1n) is 6.42. The van der Waals surface area contributed by atoms with Crippen LogP contribution in [0, 0.1) is 0 Å². The van der Waals surface area contributed by atoms with Crippen molar-refractivity contribution >= 4 is 18.0 Å². The molecular formula is C13H21NO7. The number of amides is 1. The number of methoxy groups -OCH3 is 2. The summed E-state index contributed by atoms with van der Waals surface area (Å²) in [7, 11) is 2.27. The Morgan fingerprint density at radius 2 is 1.76 bits per heavy atom. The highest BCUT2D eigenvalue weighted by atomic mass is 16.6. The highest BCUT2D eigenvalue weighted by Gasteiger charge is 2.54. The third-order valence-electron chi connectivity index (χ3n) is 3.01. The molecule has 0 aromatic carbocycles. The Hall–Kier alpha value is -1.83. The summed E-state index contributed by atoms with van der Waals surface area (Å²) >= 11 is 0. The van der Waals surface area contributed by atoms with Crippen LogP contribution in [0.1, 0.15) is 27.2 Å². The molecule has 21 heavy (non-hydrogen) atoms. The maximum absolute atomic E-state index is 12.1. The summed E-state index contributed by atoms with van der Waals surface area (Å²) in [5.41, 5.74) is -2.73. The number of rotatable bonds is 2. The zero-order valence-electron chi connectivity index (χ0n) is 12.8. The topological polar surface area (TPSA) is 102 Å². The van der Waals surface area contributed by atoms with Gasteiger partial charge >= 0.3 is 18.0 Å². The molecule has 0 bridgehead atoms. The predicted octanol–water partition coefficient (Wildman–Crippen LogP) is 0.0729. The van der Waals surface area contributed by atoms with Gasteiger partial charge < -0.3 is 19.3 Å². The largest absolute Gasteiger partial charge is 0.467 e. The van der Waals surface area contributed by atoms with Gasteiger partial charge in [0.25, 0.3) is 0 Å². The van der Waals surface area contributed by atoms with Crippen LogP contribution in [-0.4, -0.2) is 66.0 Å². The van der Waals surface area contributed by atoms with E-state index in [1.54, 1.807) is 20.8 Å². The number of carbonyl (C=O) groups is 3. The van der Waals surface area contributed by atoms with E-state index in [1.807, 2.05) is 0 Å². The van der Waals surface area contributed by atoms with Crippen LogP contribution in [0.15, 0.2) is 0 Å². The van der Waals surface area contributed by atoms with Crippen molar-refractivity contribution in [3.05, 3.63) is 0 Å². The van der Waals surface area contributed by atoms with Crippen molar-refractivity contribution in [1.29, 1.82) is 0 Å². The Morgan fingerprint density at radius 3 is 2.19 bits per heavy atom. The van der Waals surface area contributed by atoms with Crippen molar-refractivity contribution in [1.82, 2.24) is 4.90 Å². The van der Waals surface area contributed by atoms with Gasteiger partial charge in [-0.15, -0.1) is 0 Å². The Morgan fingerprint density at radius 1 is 1.19 bits per heavy atom. The van der Waals surface area contributed by atoms with Crippen molar-refractivity contribution in [2.45, 2.75) is 44.4 Å². The molecule has 1 fully saturated rings. The Balaban J connectivity index is 3.01. The number of nitrogens with zero attached hydrogens (tertiary/aromatic N) is 1. The van der Waals surface area contributed by atoms with Crippen molar-refractivity contribution in [2.75, 3.05) is 20.8 Å². The average Bonchev–Trinajstić information content (AvgIpc) is 2.74. The van der Waals surface area contributed by atoms with Crippen LogP contribution in [0.3, 0.4) is 0 Å². The second-order valence-corrected chi connectivity index (χ2v) is 5.87. The number of hydrogen-bond donors (Lipinski definition) is 1. The maximum Gasteiger partial charge on any atom is 0.411 e. The first-order chi connectivity index (χ1) is 9.54. The van der Waals surface area contributed by atoms with Gasteiger partial charge in [0.2, 0.25) is 0 Å². The summed E-state index contributed by atoms with van der Waals surface area (Å²) in [4.78, 5) is 36.5. The van der Waals surface area contributed by atoms with Gasteiger partial charge in [-0.2, -0.15) is 0 Å².